The van der Waals surface area contributed by atoms with Crippen LogP contribution in [0.5, 0.6) is 0 Å². The smallest absolute Gasteiger partial charge is 0.253 e. The molecule has 2 aliphatic rings. The summed E-state index contributed by atoms with van der Waals surface area (Å²) >= 11 is 5.93. The molecule has 6 nitrogen and oxygen atoms in total. The van der Waals surface area contributed by atoms with Gasteiger partial charge in [-0.2, -0.15) is 0 Å². The molecule has 2 amide bonds. The van der Waals surface area contributed by atoms with Crippen molar-refractivity contribution in [2.24, 2.45) is 5.92 Å². The molecule has 1 aliphatic heterocycles. The molecule has 1 atom stereocenters. The fourth-order valence-electron chi connectivity index (χ4n) is 4.73. The van der Waals surface area contributed by atoms with Gasteiger partial charge in [-0.05, 0) is 74.2 Å². The average Bonchev–Trinajstić information content (AvgIpc) is 2.79. The van der Waals surface area contributed by atoms with Gasteiger partial charge in [-0.15, -0.1) is 0 Å². The van der Waals surface area contributed by atoms with Crippen molar-refractivity contribution in [2.75, 3.05) is 33.2 Å². The van der Waals surface area contributed by atoms with Gasteiger partial charge in [0.05, 0.1) is 12.2 Å². The molecular weight excluding hydrogens is 474 g/mol. The van der Waals surface area contributed by atoms with Crippen LogP contribution in [0.3, 0.4) is 0 Å². The van der Waals surface area contributed by atoms with Crippen molar-refractivity contribution in [2.45, 2.75) is 45.3 Å². The number of amides is 2. The van der Waals surface area contributed by atoms with Crippen LogP contribution in [0.1, 0.15) is 52.5 Å². The summed E-state index contributed by atoms with van der Waals surface area (Å²) in [5, 5.41) is 5.48. The van der Waals surface area contributed by atoms with E-state index >= 15 is 0 Å². The molecule has 7 heteroatoms. The monoisotopic (exact) mass is 509 g/mol. The number of hydrogen-bond acceptors (Lipinski definition) is 4. The molecule has 1 N–H and O–H groups in total. The number of nitrogens with zero attached hydrogens (tertiary/aromatic N) is 2. The zero-order valence-corrected chi connectivity index (χ0v) is 22.2. The Morgan fingerprint density at radius 2 is 1.92 bits per heavy atom. The van der Waals surface area contributed by atoms with Crippen molar-refractivity contribution in [1.29, 1.82) is 0 Å². The van der Waals surface area contributed by atoms with Crippen molar-refractivity contribution in [3.8, 4) is 0 Å². The summed E-state index contributed by atoms with van der Waals surface area (Å²) in [5.74, 6) is 0.334. The summed E-state index contributed by atoms with van der Waals surface area (Å²) in [6.07, 6.45) is 5.87. The summed E-state index contributed by atoms with van der Waals surface area (Å²) in [5.41, 5.74) is 2.23. The van der Waals surface area contributed by atoms with Gasteiger partial charge in [0, 0.05) is 66.7 Å². The van der Waals surface area contributed by atoms with Crippen LogP contribution in [0.25, 0.3) is 12.8 Å². The minimum atomic E-state index is -0.0933. The maximum Gasteiger partial charge on any atom is 0.253 e. The minimum Gasteiger partial charge on any atom is -0.380 e. The quantitative estimate of drug-likeness (QED) is 0.564. The number of carbonyl (C=O) groups is 2. The molecule has 0 bridgehead atoms. The number of ether oxygens (including phenoxy) is 1. The van der Waals surface area contributed by atoms with E-state index in [4.69, 9.17) is 16.3 Å². The van der Waals surface area contributed by atoms with Crippen molar-refractivity contribution >= 4 is 36.2 Å². The van der Waals surface area contributed by atoms with Crippen molar-refractivity contribution < 1.29 is 14.3 Å². The van der Waals surface area contributed by atoms with Gasteiger partial charge in [-0.25, -0.2) is 0 Å². The molecular formula is C29H36ClN3O3. The fraction of sp³-hybridized carbons (Fsp3) is 0.448. The summed E-state index contributed by atoms with van der Waals surface area (Å²) < 4.78 is 5.94. The summed E-state index contributed by atoms with van der Waals surface area (Å²) in [6.45, 7) is 10.9. The van der Waals surface area contributed by atoms with Gasteiger partial charge in [0.15, 0.2) is 0 Å². The van der Waals surface area contributed by atoms with E-state index in [1.54, 1.807) is 24.3 Å². The highest BCUT2D eigenvalue weighted by atomic mass is 35.5. The van der Waals surface area contributed by atoms with Gasteiger partial charge in [0.25, 0.3) is 11.8 Å². The fourth-order valence-corrected chi connectivity index (χ4v) is 4.86. The molecule has 1 aliphatic carbocycles. The first-order valence-electron chi connectivity index (χ1n) is 12.7. The van der Waals surface area contributed by atoms with Gasteiger partial charge in [-0.1, -0.05) is 24.2 Å². The Labute approximate surface area is 218 Å². The third kappa shape index (κ3) is 6.29. The van der Waals surface area contributed by atoms with Gasteiger partial charge in [-0.3, -0.25) is 9.59 Å². The van der Waals surface area contributed by atoms with Crippen molar-refractivity contribution in [3.05, 3.63) is 68.5 Å². The zero-order valence-electron chi connectivity index (χ0n) is 21.4. The number of benzene rings is 2. The largest absolute Gasteiger partial charge is 0.380 e. The maximum absolute atomic E-state index is 12.9. The number of likely N-dealkylation sites (tertiary alicyclic amines) is 1. The van der Waals surface area contributed by atoms with Crippen LogP contribution in [-0.2, 0) is 4.74 Å². The van der Waals surface area contributed by atoms with Gasteiger partial charge < -0.3 is 19.9 Å². The summed E-state index contributed by atoms with van der Waals surface area (Å²) in [4.78, 5) is 29.5. The third-order valence-electron chi connectivity index (χ3n) is 7.11. The third-order valence-corrected chi connectivity index (χ3v) is 7.36. The lowest BCUT2D eigenvalue weighted by molar-refractivity contribution is -0.0412. The lowest BCUT2D eigenvalue weighted by Crippen LogP contribution is -2.53. The van der Waals surface area contributed by atoms with Crippen LogP contribution in [0.2, 0.25) is 5.02 Å². The van der Waals surface area contributed by atoms with E-state index in [1.807, 2.05) is 37.9 Å². The average molecular weight is 510 g/mol. The van der Waals surface area contributed by atoms with E-state index in [0.29, 0.717) is 34.7 Å². The lowest BCUT2D eigenvalue weighted by atomic mass is 9.96. The Bertz CT molecular complexity index is 1200. The highest BCUT2D eigenvalue weighted by Gasteiger charge is 2.31. The molecule has 4 rings (SSSR count). The van der Waals surface area contributed by atoms with Gasteiger partial charge in [0.1, 0.15) is 0 Å². The second kappa shape index (κ2) is 11.5. The zero-order chi connectivity index (χ0) is 25.8. The molecule has 1 saturated heterocycles. The number of rotatable bonds is 9. The first-order chi connectivity index (χ1) is 17.2. The van der Waals surface area contributed by atoms with Crippen LogP contribution in [-0.4, -0.2) is 67.0 Å². The van der Waals surface area contributed by atoms with Crippen molar-refractivity contribution in [1.82, 2.24) is 15.1 Å². The minimum absolute atomic E-state index is 0.00236. The molecule has 192 valence electrons. The number of hydrogen-bond donors (Lipinski definition) is 1. The Morgan fingerprint density at radius 3 is 2.56 bits per heavy atom. The van der Waals surface area contributed by atoms with Gasteiger partial charge >= 0.3 is 0 Å². The highest BCUT2D eigenvalue weighted by Crippen LogP contribution is 2.23. The number of halogens is 1. The lowest BCUT2D eigenvalue weighted by Gasteiger charge is -2.41. The van der Waals surface area contributed by atoms with E-state index in [0.717, 1.165) is 48.5 Å². The van der Waals surface area contributed by atoms with Crippen LogP contribution in [0, 0.1) is 12.8 Å². The molecule has 1 heterocycles. The van der Waals surface area contributed by atoms with E-state index < -0.39 is 0 Å². The molecule has 0 aromatic heterocycles. The molecule has 0 unspecified atom stereocenters. The van der Waals surface area contributed by atoms with E-state index in [1.165, 1.54) is 6.42 Å². The molecule has 0 radical (unpaired) electrons. The Morgan fingerprint density at radius 1 is 1.22 bits per heavy atom. The van der Waals surface area contributed by atoms with Crippen molar-refractivity contribution in [3.63, 3.8) is 0 Å². The topological polar surface area (TPSA) is 61.9 Å². The summed E-state index contributed by atoms with van der Waals surface area (Å²) in [6, 6.07) is 10.8. The van der Waals surface area contributed by atoms with E-state index in [9.17, 15) is 9.59 Å². The maximum atomic E-state index is 12.9. The Kier molecular flexibility index (Phi) is 8.37. The molecule has 2 fully saturated rings. The molecule has 1 saturated carbocycles. The predicted molar refractivity (Wildman–Crippen MR) is 144 cm³/mol. The second-order valence-electron chi connectivity index (χ2n) is 10.2. The highest BCUT2D eigenvalue weighted by molar-refractivity contribution is 6.30. The standard InChI is InChI=1S/C29H36ClN3O3/c1-19-8-13-26(28(34)31-14-20(2)36-25-6-5-7-25)21(3)27(19)18-32(4)15-22-16-33(17-22)29(35)23-9-11-24(30)12-10-23/h8-13,18,20,22,25H,1,5-7,14-17H2,2-4H3,(H,31,34)/b27-18+/t20-/m1/s1. The molecule has 2 aromatic rings. The van der Waals surface area contributed by atoms with Crippen LogP contribution >= 0.6 is 11.6 Å². The van der Waals surface area contributed by atoms with Crippen LogP contribution in [0.4, 0.5) is 0 Å². The molecule has 2 aromatic carbocycles. The number of nitrogens with one attached hydrogen (secondary N) is 1. The van der Waals surface area contributed by atoms with E-state index in [2.05, 4.69) is 23.0 Å². The first kappa shape index (κ1) is 26.2. The normalized spacial score (nSPS) is 17.3. The SMILES string of the molecule is C=c1ccc(C(=O)NC[C@@H](C)OC2CCC2)c(C)/c1=C/N(C)CC1CN(C(=O)c2ccc(Cl)cc2)C1. The predicted octanol–water partition coefficient (Wildman–Crippen LogP) is 3.19. The molecule has 0 spiro atoms. The van der Waals surface area contributed by atoms with Gasteiger partial charge in [0.2, 0.25) is 0 Å². The second-order valence-corrected chi connectivity index (χ2v) is 10.6. The Balaban J connectivity index is 1.33. The van der Waals surface area contributed by atoms with Crippen LogP contribution in [0.15, 0.2) is 36.4 Å². The number of carbonyl (C=O) groups excluding carboxylic acids is 2. The Hall–Kier alpha value is -2.83. The van der Waals surface area contributed by atoms with Crippen LogP contribution < -0.4 is 15.8 Å². The summed E-state index contributed by atoms with van der Waals surface area (Å²) in [7, 11) is 2.02. The first-order valence-corrected chi connectivity index (χ1v) is 13.1. The van der Waals surface area contributed by atoms with E-state index in [-0.39, 0.29) is 17.9 Å². The molecule has 36 heavy (non-hydrogen) atoms.